The average molecular weight is 300 g/mol. The van der Waals surface area contributed by atoms with Crippen molar-refractivity contribution in [2.24, 2.45) is 0 Å². The Bertz CT molecular complexity index is 706. The lowest BCUT2D eigenvalue weighted by molar-refractivity contribution is 0.0716. The van der Waals surface area contributed by atoms with Crippen molar-refractivity contribution in [1.29, 1.82) is 0 Å². The highest BCUT2D eigenvalue weighted by Gasteiger charge is 2.47. The minimum Gasteiger partial charge on any atom is -0.290 e. The van der Waals surface area contributed by atoms with Crippen LogP contribution in [0.3, 0.4) is 0 Å². The normalized spacial score (nSPS) is 20.2. The van der Waals surface area contributed by atoms with E-state index in [9.17, 15) is 9.18 Å². The van der Waals surface area contributed by atoms with E-state index in [1.165, 1.54) is 18.2 Å². The van der Waals surface area contributed by atoms with Crippen LogP contribution in [-0.4, -0.2) is 5.78 Å². The summed E-state index contributed by atoms with van der Waals surface area (Å²) < 4.78 is 28.6. The molecule has 1 aliphatic rings. The first kappa shape index (κ1) is 14.9. The summed E-state index contributed by atoms with van der Waals surface area (Å²) >= 11 is 0. The van der Waals surface area contributed by atoms with Crippen LogP contribution in [0.25, 0.3) is 0 Å². The van der Waals surface area contributed by atoms with Crippen molar-refractivity contribution in [2.75, 3.05) is 0 Å². The van der Waals surface area contributed by atoms with Crippen molar-refractivity contribution in [2.45, 2.75) is 38.3 Å². The van der Waals surface area contributed by atoms with E-state index in [-0.39, 0.29) is 6.42 Å². The molecular weight excluding hydrogens is 282 g/mol. The predicted molar refractivity (Wildman–Crippen MR) is 82.3 cm³/mol. The number of carbonyl (C=O) groups excluding carboxylic acids is 1. The molecule has 1 nitrogen and oxygen atoms in total. The van der Waals surface area contributed by atoms with Crippen molar-refractivity contribution in [3.63, 3.8) is 0 Å². The Hall–Kier alpha value is -2.03. The van der Waals surface area contributed by atoms with E-state index in [0.29, 0.717) is 16.7 Å². The molecule has 1 aliphatic carbocycles. The summed E-state index contributed by atoms with van der Waals surface area (Å²) in [5, 5.41) is 0. The number of rotatable bonds is 4. The van der Waals surface area contributed by atoms with Gasteiger partial charge in [0.1, 0.15) is 5.82 Å². The number of benzene rings is 2. The maximum absolute atomic E-state index is 15.3. The lowest BCUT2D eigenvalue weighted by atomic mass is 9.90. The number of unbranched alkanes of at least 4 members (excludes halogenated alkanes) is 1. The molecule has 0 radical (unpaired) electrons. The molecule has 2 aromatic rings. The number of ketones is 1. The molecule has 0 amide bonds. The molecule has 0 saturated heterocycles. The largest absolute Gasteiger partial charge is 0.290 e. The molecule has 0 heterocycles. The Kier molecular flexibility index (Phi) is 3.81. The summed E-state index contributed by atoms with van der Waals surface area (Å²) in [5.41, 5.74) is 0.165. The first-order chi connectivity index (χ1) is 10.5. The third-order valence-electron chi connectivity index (χ3n) is 4.34. The van der Waals surface area contributed by atoms with E-state index in [1.54, 1.807) is 12.1 Å². The third kappa shape index (κ3) is 2.45. The molecule has 3 rings (SSSR count). The number of alkyl halides is 1. The van der Waals surface area contributed by atoms with Gasteiger partial charge in [0.2, 0.25) is 11.5 Å². The lowest BCUT2D eigenvalue weighted by Crippen LogP contribution is -2.27. The second-order valence-electron chi connectivity index (χ2n) is 5.91. The smallest absolute Gasteiger partial charge is 0.205 e. The average Bonchev–Trinajstić information content (AvgIpc) is 2.77. The fraction of sp³-hybridized carbons (Fsp3) is 0.316. The minimum absolute atomic E-state index is 0.0900. The van der Waals surface area contributed by atoms with Gasteiger partial charge in [-0.05, 0) is 47.7 Å². The van der Waals surface area contributed by atoms with Gasteiger partial charge in [-0.3, -0.25) is 4.79 Å². The summed E-state index contributed by atoms with van der Waals surface area (Å²) in [4.78, 5) is 12.4. The maximum Gasteiger partial charge on any atom is 0.205 e. The van der Waals surface area contributed by atoms with E-state index in [1.807, 2.05) is 12.1 Å². The zero-order valence-electron chi connectivity index (χ0n) is 12.5. The minimum atomic E-state index is -2.07. The number of aryl methyl sites for hydroxylation is 1. The SMILES string of the molecule is CCCCc1ccc([C@]2(F)Cc3cc(F)ccc3C2=O)cc1. The Morgan fingerprint density at radius 1 is 1.14 bits per heavy atom. The zero-order chi connectivity index (χ0) is 15.7. The van der Waals surface area contributed by atoms with Gasteiger partial charge in [-0.2, -0.15) is 0 Å². The van der Waals surface area contributed by atoms with Crippen molar-refractivity contribution in [1.82, 2.24) is 0 Å². The van der Waals surface area contributed by atoms with E-state index in [0.717, 1.165) is 24.8 Å². The second kappa shape index (κ2) is 5.64. The molecule has 3 heteroatoms. The molecule has 0 N–H and O–H groups in total. The fourth-order valence-electron chi connectivity index (χ4n) is 3.04. The molecule has 0 fully saturated rings. The van der Waals surface area contributed by atoms with Crippen LogP contribution in [0.2, 0.25) is 0 Å². The molecule has 0 aromatic heterocycles. The van der Waals surface area contributed by atoms with E-state index < -0.39 is 17.3 Å². The second-order valence-corrected chi connectivity index (χ2v) is 5.91. The topological polar surface area (TPSA) is 17.1 Å². The highest BCUT2D eigenvalue weighted by atomic mass is 19.1. The molecule has 0 aliphatic heterocycles. The number of halogens is 2. The van der Waals surface area contributed by atoms with Crippen LogP contribution in [0.4, 0.5) is 8.78 Å². The van der Waals surface area contributed by atoms with Gasteiger partial charge in [0, 0.05) is 12.0 Å². The third-order valence-corrected chi connectivity index (χ3v) is 4.34. The van der Waals surface area contributed by atoms with Gasteiger partial charge in [0.05, 0.1) is 0 Å². The number of hydrogen-bond donors (Lipinski definition) is 0. The summed E-state index contributed by atoms with van der Waals surface area (Å²) in [6.07, 6.45) is 3.06. The fourth-order valence-corrected chi connectivity index (χ4v) is 3.04. The van der Waals surface area contributed by atoms with Gasteiger partial charge in [-0.1, -0.05) is 37.6 Å². The Morgan fingerprint density at radius 2 is 1.86 bits per heavy atom. The summed E-state index contributed by atoms with van der Waals surface area (Å²) in [6, 6.07) is 11.0. The quantitative estimate of drug-likeness (QED) is 0.794. The highest BCUT2D eigenvalue weighted by molar-refractivity contribution is 6.07. The van der Waals surface area contributed by atoms with Crippen LogP contribution >= 0.6 is 0 Å². The predicted octanol–water partition coefficient (Wildman–Crippen LogP) is 4.77. The molecule has 114 valence electrons. The van der Waals surface area contributed by atoms with Gasteiger partial charge in [0.15, 0.2) is 0 Å². The number of carbonyl (C=O) groups is 1. The molecule has 22 heavy (non-hydrogen) atoms. The lowest BCUT2D eigenvalue weighted by Gasteiger charge is -2.18. The Labute approximate surface area is 129 Å². The van der Waals surface area contributed by atoms with E-state index in [4.69, 9.17) is 0 Å². The van der Waals surface area contributed by atoms with Crippen molar-refractivity contribution >= 4 is 5.78 Å². The highest BCUT2D eigenvalue weighted by Crippen LogP contribution is 2.41. The van der Waals surface area contributed by atoms with Crippen LogP contribution in [0.1, 0.15) is 46.8 Å². The van der Waals surface area contributed by atoms with Crippen molar-refractivity contribution in [3.8, 4) is 0 Å². The molecule has 1 atom stereocenters. The Morgan fingerprint density at radius 3 is 2.55 bits per heavy atom. The number of hydrogen-bond acceptors (Lipinski definition) is 1. The van der Waals surface area contributed by atoms with Crippen molar-refractivity contribution < 1.29 is 13.6 Å². The molecule has 0 bridgehead atoms. The van der Waals surface area contributed by atoms with Gasteiger partial charge < -0.3 is 0 Å². The molecule has 0 unspecified atom stereocenters. The van der Waals surface area contributed by atoms with Gasteiger partial charge in [-0.15, -0.1) is 0 Å². The summed E-state index contributed by atoms with van der Waals surface area (Å²) in [6.45, 7) is 2.12. The summed E-state index contributed by atoms with van der Waals surface area (Å²) in [5.74, 6) is -1.01. The first-order valence-electron chi connectivity index (χ1n) is 7.66. The van der Waals surface area contributed by atoms with Crippen LogP contribution < -0.4 is 0 Å². The first-order valence-corrected chi connectivity index (χ1v) is 7.66. The van der Waals surface area contributed by atoms with Crippen LogP contribution in [-0.2, 0) is 18.5 Å². The zero-order valence-corrected chi connectivity index (χ0v) is 12.5. The molecular formula is C19H18F2O. The Balaban J connectivity index is 1.90. The van der Waals surface area contributed by atoms with Crippen molar-refractivity contribution in [3.05, 3.63) is 70.5 Å². The van der Waals surface area contributed by atoms with Crippen LogP contribution in [0.5, 0.6) is 0 Å². The molecule has 2 aromatic carbocycles. The van der Waals surface area contributed by atoms with Gasteiger partial charge >= 0.3 is 0 Å². The summed E-state index contributed by atoms with van der Waals surface area (Å²) in [7, 11) is 0. The van der Waals surface area contributed by atoms with Crippen LogP contribution in [0.15, 0.2) is 42.5 Å². The van der Waals surface area contributed by atoms with Gasteiger partial charge in [-0.25, -0.2) is 8.78 Å². The monoisotopic (exact) mass is 300 g/mol. The number of Topliss-reactive ketones (excluding diaryl/α,β-unsaturated/α-hetero) is 1. The maximum atomic E-state index is 15.3. The standard InChI is InChI=1S/C19H18F2O/c1-2-3-4-13-5-7-15(8-6-13)19(21)12-14-11-16(20)9-10-17(14)18(19)22/h5-11H,2-4,12H2,1H3/t19-/m1/s1. The van der Waals surface area contributed by atoms with E-state index in [2.05, 4.69) is 6.92 Å². The van der Waals surface area contributed by atoms with Crippen LogP contribution in [0, 0.1) is 5.82 Å². The number of fused-ring (bicyclic) bond motifs is 1. The van der Waals surface area contributed by atoms with E-state index >= 15 is 4.39 Å². The molecule has 0 spiro atoms. The molecule has 0 saturated carbocycles. The van der Waals surface area contributed by atoms with Gasteiger partial charge in [0.25, 0.3) is 0 Å².